The number of nitrogens with two attached hydrogens (primary N) is 1. The van der Waals surface area contributed by atoms with Gasteiger partial charge in [0.2, 0.25) is 0 Å². The van der Waals surface area contributed by atoms with Crippen LogP contribution in [0.5, 0.6) is 5.75 Å². The number of nitrogen functional groups attached to an aromatic ring is 1. The molecule has 0 aliphatic carbocycles. The van der Waals surface area contributed by atoms with Crippen molar-refractivity contribution < 1.29 is 5.11 Å². The Bertz CT molecular complexity index is 507. The van der Waals surface area contributed by atoms with Gasteiger partial charge < -0.3 is 10.8 Å². The topological polar surface area (TPSA) is 74.9 Å². The van der Waals surface area contributed by atoms with Gasteiger partial charge >= 0.3 is 0 Å². The van der Waals surface area contributed by atoms with E-state index in [-0.39, 0.29) is 10.8 Å². The zero-order valence-corrected chi connectivity index (χ0v) is 8.84. The average molecular weight is 224 g/mol. The normalized spacial score (nSPS) is 10.5. The minimum atomic E-state index is 0.0484. The standard InChI is InChI=1S/C10H10ClN3O/c1-5-2-6(9(11)8(15)3-5)7-4-13-14-10(7)12/h2-4,15H,1H3,(H3,12,13,14). The monoisotopic (exact) mass is 223 g/mol. The van der Waals surface area contributed by atoms with Crippen molar-refractivity contribution in [3.63, 3.8) is 0 Å². The van der Waals surface area contributed by atoms with Gasteiger partial charge in [-0.15, -0.1) is 0 Å². The van der Waals surface area contributed by atoms with E-state index in [9.17, 15) is 5.11 Å². The number of aromatic amines is 1. The first-order chi connectivity index (χ1) is 7.09. The number of benzene rings is 1. The van der Waals surface area contributed by atoms with Crippen molar-refractivity contribution in [2.45, 2.75) is 6.92 Å². The maximum atomic E-state index is 9.57. The number of aromatic nitrogens is 2. The van der Waals surface area contributed by atoms with Crippen LogP contribution in [0.25, 0.3) is 11.1 Å². The molecular formula is C10H10ClN3O. The molecule has 5 heteroatoms. The van der Waals surface area contributed by atoms with Crippen LogP contribution in [0, 0.1) is 6.92 Å². The number of phenols is 1. The van der Waals surface area contributed by atoms with Crippen molar-refractivity contribution in [1.82, 2.24) is 10.2 Å². The van der Waals surface area contributed by atoms with Gasteiger partial charge in [-0.2, -0.15) is 5.10 Å². The number of phenolic OH excluding ortho intramolecular Hbond substituents is 1. The van der Waals surface area contributed by atoms with Crippen LogP contribution in [0.1, 0.15) is 5.56 Å². The molecule has 4 nitrogen and oxygen atoms in total. The van der Waals surface area contributed by atoms with Gasteiger partial charge in [-0.05, 0) is 24.6 Å². The molecule has 0 spiro atoms. The second-order valence-corrected chi connectivity index (χ2v) is 3.72. The SMILES string of the molecule is Cc1cc(O)c(Cl)c(-c2cn[nH]c2N)c1. The Morgan fingerprint density at radius 3 is 2.73 bits per heavy atom. The van der Waals surface area contributed by atoms with E-state index >= 15 is 0 Å². The van der Waals surface area contributed by atoms with Gasteiger partial charge in [0.15, 0.2) is 0 Å². The van der Waals surface area contributed by atoms with E-state index in [1.807, 2.05) is 13.0 Å². The third-order valence-corrected chi connectivity index (χ3v) is 2.55. The maximum absolute atomic E-state index is 9.57. The molecule has 2 rings (SSSR count). The van der Waals surface area contributed by atoms with Crippen LogP contribution in [0.2, 0.25) is 5.02 Å². The van der Waals surface area contributed by atoms with Gasteiger partial charge in [0.25, 0.3) is 0 Å². The van der Waals surface area contributed by atoms with Gasteiger partial charge in [0, 0.05) is 11.1 Å². The Balaban J connectivity index is 2.68. The van der Waals surface area contributed by atoms with Crippen LogP contribution in [0.15, 0.2) is 18.3 Å². The molecule has 4 N–H and O–H groups in total. The number of halogens is 1. The molecule has 0 bridgehead atoms. The highest BCUT2D eigenvalue weighted by molar-refractivity contribution is 6.35. The number of H-pyrrole nitrogens is 1. The summed E-state index contributed by atoms with van der Waals surface area (Å²) in [5, 5.41) is 16.3. The Kier molecular flexibility index (Phi) is 2.28. The first-order valence-electron chi connectivity index (χ1n) is 4.38. The molecule has 0 atom stereocenters. The van der Waals surface area contributed by atoms with E-state index in [1.165, 1.54) is 0 Å². The number of aromatic hydroxyl groups is 1. The summed E-state index contributed by atoms with van der Waals surface area (Å²) in [6.07, 6.45) is 1.58. The fraction of sp³-hybridized carbons (Fsp3) is 0.100. The summed E-state index contributed by atoms with van der Waals surface area (Å²) in [4.78, 5) is 0. The van der Waals surface area contributed by atoms with Gasteiger partial charge in [-0.25, -0.2) is 0 Å². The van der Waals surface area contributed by atoms with E-state index < -0.39 is 0 Å². The number of aryl methyl sites for hydroxylation is 1. The van der Waals surface area contributed by atoms with E-state index in [4.69, 9.17) is 17.3 Å². The number of rotatable bonds is 1. The van der Waals surface area contributed by atoms with Crippen molar-refractivity contribution in [3.8, 4) is 16.9 Å². The van der Waals surface area contributed by atoms with Crippen LogP contribution in [-0.4, -0.2) is 15.3 Å². The van der Waals surface area contributed by atoms with E-state index in [0.717, 1.165) is 5.56 Å². The lowest BCUT2D eigenvalue weighted by Gasteiger charge is -2.06. The van der Waals surface area contributed by atoms with Gasteiger partial charge in [-0.1, -0.05) is 11.6 Å². The Morgan fingerprint density at radius 1 is 1.40 bits per heavy atom. The zero-order valence-electron chi connectivity index (χ0n) is 8.08. The number of nitrogens with one attached hydrogen (secondary N) is 1. The molecule has 1 heterocycles. The number of anilines is 1. The molecule has 0 unspecified atom stereocenters. The molecule has 0 saturated heterocycles. The summed E-state index contributed by atoms with van der Waals surface area (Å²) < 4.78 is 0. The van der Waals surface area contributed by atoms with Gasteiger partial charge in [0.1, 0.15) is 11.6 Å². The molecule has 0 fully saturated rings. The largest absolute Gasteiger partial charge is 0.506 e. The van der Waals surface area contributed by atoms with E-state index in [1.54, 1.807) is 12.3 Å². The highest BCUT2D eigenvalue weighted by Crippen LogP contribution is 2.37. The fourth-order valence-corrected chi connectivity index (χ4v) is 1.67. The van der Waals surface area contributed by atoms with Crippen LogP contribution >= 0.6 is 11.6 Å². The molecule has 1 aromatic heterocycles. The van der Waals surface area contributed by atoms with Crippen LogP contribution in [0.3, 0.4) is 0 Å². The van der Waals surface area contributed by atoms with Crippen molar-refractivity contribution in [1.29, 1.82) is 0 Å². The molecule has 2 aromatic rings. The first kappa shape index (κ1) is 9.86. The van der Waals surface area contributed by atoms with Gasteiger partial charge in [-0.3, -0.25) is 5.10 Å². The first-order valence-corrected chi connectivity index (χ1v) is 4.75. The zero-order chi connectivity index (χ0) is 11.0. The van der Waals surface area contributed by atoms with Gasteiger partial charge in [0.05, 0.1) is 11.2 Å². The number of nitrogens with zero attached hydrogens (tertiary/aromatic N) is 1. The summed E-state index contributed by atoms with van der Waals surface area (Å²) in [6, 6.07) is 3.45. The second-order valence-electron chi connectivity index (χ2n) is 3.34. The maximum Gasteiger partial charge on any atom is 0.135 e. The van der Waals surface area contributed by atoms with Crippen molar-refractivity contribution in [2.75, 3.05) is 5.73 Å². The molecule has 15 heavy (non-hydrogen) atoms. The summed E-state index contributed by atoms with van der Waals surface area (Å²) >= 11 is 5.98. The summed E-state index contributed by atoms with van der Waals surface area (Å²) in [5.41, 5.74) is 7.97. The third-order valence-electron chi connectivity index (χ3n) is 2.16. The minimum Gasteiger partial charge on any atom is -0.506 e. The van der Waals surface area contributed by atoms with E-state index in [2.05, 4.69) is 10.2 Å². The van der Waals surface area contributed by atoms with Crippen LogP contribution in [0.4, 0.5) is 5.82 Å². The lowest BCUT2D eigenvalue weighted by molar-refractivity contribution is 0.475. The molecule has 0 aliphatic heterocycles. The third kappa shape index (κ3) is 1.64. The minimum absolute atomic E-state index is 0.0484. The molecule has 0 aliphatic rings. The predicted octanol–water partition coefficient (Wildman–Crippen LogP) is 2.33. The molecule has 0 saturated carbocycles. The highest BCUT2D eigenvalue weighted by Gasteiger charge is 2.12. The molecule has 0 radical (unpaired) electrons. The number of hydrogen-bond acceptors (Lipinski definition) is 3. The summed E-state index contributed by atoms with van der Waals surface area (Å²) in [7, 11) is 0. The van der Waals surface area contributed by atoms with Crippen molar-refractivity contribution in [3.05, 3.63) is 28.9 Å². The van der Waals surface area contributed by atoms with Crippen molar-refractivity contribution >= 4 is 17.4 Å². The summed E-state index contributed by atoms with van der Waals surface area (Å²) in [6.45, 7) is 1.87. The van der Waals surface area contributed by atoms with Crippen molar-refractivity contribution in [2.24, 2.45) is 0 Å². The lowest BCUT2D eigenvalue weighted by atomic mass is 10.1. The predicted molar refractivity (Wildman–Crippen MR) is 59.8 cm³/mol. The second kappa shape index (κ2) is 3.47. The van der Waals surface area contributed by atoms with E-state index in [0.29, 0.717) is 16.9 Å². The molecule has 1 aromatic carbocycles. The molecular weight excluding hydrogens is 214 g/mol. The summed E-state index contributed by atoms with van der Waals surface area (Å²) in [5.74, 6) is 0.481. The Hall–Kier alpha value is -1.68. The Morgan fingerprint density at radius 2 is 2.13 bits per heavy atom. The smallest absolute Gasteiger partial charge is 0.135 e. The molecule has 78 valence electrons. The highest BCUT2D eigenvalue weighted by atomic mass is 35.5. The average Bonchev–Trinajstić information content (AvgIpc) is 2.58. The lowest BCUT2D eigenvalue weighted by Crippen LogP contribution is -1.89. The molecule has 0 amide bonds. The quantitative estimate of drug-likeness (QED) is 0.695. The van der Waals surface area contributed by atoms with Crippen LogP contribution < -0.4 is 5.73 Å². The fourth-order valence-electron chi connectivity index (χ4n) is 1.46. The number of hydrogen-bond donors (Lipinski definition) is 3. The Labute approximate surface area is 91.7 Å². The van der Waals surface area contributed by atoms with Crippen LogP contribution in [-0.2, 0) is 0 Å².